The Morgan fingerprint density at radius 3 is 2.87 bits per heavy atom. The van der Waals surface area contributed by atoms with E-state index in [-0.39, 0.29) is 0 Å². The van der Waals surface area contributed by atoms with E-state index in [0.717, 1.165) is 6.21 Å². The van der Waals surface area contributed by atoms with Gasteiger partial charge in [-0.05, 0) is 17.7 Å². The Hall–Kier alpha value is -1.46. The first-order valence-electron chi connectivity index (χ1n) is 4.21. The largest absolute Gasteiger partial charge is 0.379 e. The van der Waals surface area contributed by atoms with Crippen LogP contribution in [0.25, 0.3) is 0 Å². The molecule has 0 radical (unpaired) electrons. The van der Waals surface area contributed by atoms with Crippen LogP contribution in [0.1, 0.15) is 11.7 Å². The van der Waals surface area contributed by atoms with E-state index >= 15 is 0 Å². The number of aliphatic hydroxyl groups is 1. The molecule has 1 aliphatic heterocycles. The molecule has 1 aromatic carbocycles. The Bertz CT molecular complexity index is 449. The number of aliphatic imine (C=N–C) groups is 1. The predicted molar refractivity (Wildman–Crippen MR) is 55.1 cm³/mol. The van der Waals surface area contributed by atoms with Crippen LogP contribution in [-0.2, 0) is 0 Å². The zero-order valence-electron chi connectivity index (χ0n) is 7.50. The zero-order valence-corrected chi connectivity index (χ0v) is 8.26. The molecule has 0 spiro atoms. The molecule has 78 valence electrons. The van der Waals surface area contributed by atoms with Crippen molar-refractivity contribution in [2.75, 3.05) is 0 Å². The van der Waals surface area contributed by atoms with Crippen molar-refractivity contribution in [3.05, 3.63) is 39.9 Å². The monoisotopic (exact) mass is 226 g/mol. The maximum absolute atomic E-state index is 10.7. The van der Waals surface area contributed by atoms with E-state index in [2.05, 4.69) is 4.99 Å². The van der Waals surface area contributed by atoms with Gasteiger partial charge in [-0.1, -0.05) is 18.2 Å². The number of alkyl halides is 1. The van der Waals surface area contributed by atoms with Gasteiger partial charge in [0.25, 0.3) is 0 Å². The molecule has 0 aromatic heterocycles. The molecule has 1 aromatic rings. The van der Waals surface area contributed by atoms with Gasteiger partial charge in [0.05, 0.1) is 10.6 Å². The number of rotatable bonds is 1. The van der Waals surface area contributed by atoms with Crippen molar-refractivity contribution in [3.63, 3.8) is 0 Å². The maximum atomic E-state index is 10.7. The van der Waals surface area contributed by atoms with E-state index in [1.807, 2.05) is 0 Å². The molecule has 0 aliphatic carbocycles. The van der Waals surface area contributed by atoms with E-state index in [4.69, 9.17) is 11.6 Å². The summed E-state index contributed by atoms with van der Waals surface area (Å²) in [6, 6.07) is 6.62. The SMILES string of the molecule is O=[N+]([O-])C1(Cl)C=Nc2ccccc2C1O. The van der Waals surface area contributed by atoms with Crippen LogP contribution >= 0.6 is 11.6 Å². The van der Waals surface area contributed by atoms with Crippen molar-refractivity contribution < 1.29 is 10.0 Å². The lowest BCUT2D eigenvalue weighted by atomic mass is 9.98. The van der Waals surface area contributed by atoms with E-state index in [0.29, 0.717) is 11.3 Å². The summed E-state index contributed by atoms with van der Waals surface area (Å²) in [5, 5.41) is 20.5. The molecule has 1 aliphatic rings. The summed E-state index contributed by atoms with van der Waals surface area (Å²) < 4.78 is 0. The molecule has 1 heterocycles. The second kappa shape index (κ2) is 3.29. The number of halogens is 1. The number of hydrogen-bond donors (Lipinski definition) is 1. The van der Waals surface area contributed by atoms with Crippen molar-refractivity contribution in [1.82, 2.24) is 0 Å². The smallest absolute Gasteiger partial charge is 0.359 e. The van der Waals surface area contributed by atoms with Crippen molar-refractivity contribution in [2.24, 2.45) is 4.99 Å². The van der Waals surface area contributed by atoms with E-state index in [1.54, 1.807) is 24.3 Å². The van der Waals surface area contributed by atoms with Crippen molar-refractivity contribution in [2.45, 2.75) is 11.1 Å². The highest BCUT2D eigenvalue weighted by molar-refractivity contribution is 6.31. The molecule has 6 heteroatoms. The summed E-state index contributed by atoms with van der Waals surface area (Å²) in [5.41, 5.74) is 0.870. The standard InChI is InChI=1S/C9H7ClN2O3/c10-9(12(14)15)5-11-7-4-2-1-3-6(7)8(9)13/h1-5,8,13H. The third-order valence-electron chi connectivity index (χ3n) is 2.28. The third-order valence-corrected chi connectivity index (χ3v) is 2.72. The number of hydrogen-bond acceptors (Lipinski definition) is 4. The second-order valence-corrected chi connectivity index (χ2v) is 3.81. The van der Waals surface area contributed by atoms with Gasteiger partial charge in [0.2, 0.25) is 0 Å². The molecule has 0 fully saturated rings. The summed E-state index contributed by atoms with van der Waals surface area (Å²) in [5.74, 6) is 0. The molecule has 2 atom stereocenters. The molecule has 5 nitrogen and oxygen atoms in total. The quantitative estimate of drug-likeness (QED) is 0.342. The molecule has 0 amide bonds. The number of fused-ring (bicyclic) bond motifs is 1. The number of para-hydroxylation sites is 1. The van der Waals surface area contributed by atoms with E-state index in [1.165, 1.54) is 0 Å². The second-order valence-electron chi connectivity index (χ2n) is 3.20. The Kier molecular flexibility index (Phi) is 2.21. The van der Waals surface area contributed by atoms with Crippen LogP contribution in [0.3, 0.4) is 0 Å². The lowest BCUT2D eigenvalue weighted by Gasteiger charge is -2.24. The van der Waals surface area contributed by atoms with Gasteiger partial charge in [-0.15, -0.1) is 0 Å². The fraction of sp³-hybridized carbons (Fsp3) is 0.222. The third kappa shape index (κ3) is 1.40. The van der Waals surface area contributed by atoms with Crippen LogP contribution in [0.2, 0.25) is 0 Å². The van der Waals surface area contributed by atoms with Crippen LogP contribution in [0.5, 0.6) is 0 Å². The molecule has 0 saturated heterocycles. The normalized spacial score (nSPS) is 28.5. The van der Waals surface area contributed by atoms with Gasteiger partial charge in [-0.25, -0.2) is 0 Å². The van der Waals surface area contributed by atoms with Crippen LogP contribution in [0.4, 0.5) is 5.69 Å². The highest BCUT2D eigenvalue weighted by Gasteiger charge is 2.50. The van der Waals surface area contributed by atoms with Crippen LogP contribution < -0.4 is 0 Å². The fourth-order valence-electron chi connectivity index (χ4n) is 1.43. The minimum Gasteiger partial charge on any atom is -0.379 e. The molecular weight excluding hydrogens is 220 g/mol. The first-order valence-corrected chi connectivity index (χ1v) is 4.59. The van der Waals surface area contributed by atoms with E-state index in [9.17, 15) is 15.2 Å². The lowest BCUT2D eigenvalue weighted by molar-refractivity contribution is -0.533. The van der Waals surface area contributed by atoms with Crippen LogP contribution in [-0.4, -0.2) is 21.2 Å². The van der Waals surface area contributed by atoms with Gasteiger partial charge in [0.15, 0.2) is 6.10 Å². The number of benzene rings is 1. The Labute approximate surface area is 90.2 Å². The van der Waals surface area contributed by atoms with Gasteiger partial charge < -0.3 is 5.11 Å². The molecular formula is C9H7ClN2O3. The Morgan fingerprint density at radius 1 is 1.53 bits per heavy atom. The first-order chi connectivity index (χ1) is 7.05. The van der Waals surface area contributed by atoms with Gasteiger partial charge in [-0.2, -0.15) is 0 Å². The summed E-state index contributed by atoms with van der Waals surface area (Å²) in [4.78, 5) is 11.8. The predicted octanol–water partition coefficient (Wildman–Crippen LogP) is 1.65. The minimum atomic E-state index is -2.06. The average Bonchev–Trinajstić information content (AvgIpc) is 2.24. The Morgan fingerprint density at radius 2 is 2.20 bits per heavy atom. The van der Waals surface area contributed by atoms with Gasteiger partial charge in [-0.3, -0.25) is 15.1 Å². The summed E-state index contributed by atoms with van der Waals surface area (Å²) >= 11 is 5.69. The number of nitro groups is 1. The summed E-state index contributed by atoms with van der Waals surface area (Å²) in [6.07, 6.45) is -0.426. The van der Waals surface area contributed by atoms with Crippen molar-refractivity contribution >= 4 is 23.5 Å². The van der Waals surface area contributed by atoms with Crippen molar-refractivity contribution in [3.8, 4) is 0 Å². The lowest BCUT2D eigenvalue weighted by Crippen LogP contribution is -2.41. The van der Waals surface area contributed by atoms with Crippen molar-refractivity contribution in [1.29, 1.82) is 0 Å². The summed E-state index contributed by atoms with van der Waals surface area (Å²) in [6.45, 7) is 0. The highest BCUT2D eigenvalue weighted by atomic mass is 35.5. The average molecular weight is 227 g/mol. The molecule has 2 unspecified atom stereocenters. The molecule has 1 N–H and O–H groups in total. The zero-order chi connectivity index (χ0) is 11.1. The van der Waals surface area contributed by atoms with Crippen LogP contribution in [0.15, 0.2) is 29.3 Å². The molecule has 0 bridgehead atoms. The molecule has 2 rings (SSSR count). The maximum Gasteiger partial charge on any atom is 0.359 e. The molecule has 15 heavy (non-hydrogen) atoms. The topological polar surface area (TPSA) is 75.7 Å². The van der Waals surface area contributed by atoms with Gasteiger partial charge in [0, 0.05) is 5.56 Å². The number of nitrogens with zero attached hydrogens (tertiary/aromatic N) is 2. The number of aliphatic hydroxyl groups excluding tert-OH is 1. The molecule has 0 saturated carbocycles. The summed E-state index contributed by atoms with van der Waals surface area (Å²) in [7, 11) is 0. The van der Waals surface area contributed by atoms with Gasteiger partial charge in [0.1, 0.15) is 6.21 Å². The first kappa shape index (κ1) is 10.1. The minimum absolute atomic E-state index is 0.367. The van der Waals surface area contributed by atoms with Gasteiger partial charge >= 0.3 is 5.00 Å². The van der Waals surface area contributed by atoms with Crippen LogP contribution in [0, 0.1) is 10.1 Å². The fourth-order valence-corrected chi connectivity index (χ4v) is 1.60. The highest BCUT2D eigenvalue weighted by Crippen LogP contribution is 2.39. The van der Waals surface area contributed by atoms with E-state index < -0.39 is 16.0 Å². The Balaban J connectivity index is 2.54.